The molecular weight excluding hydrogens is 280 g/mol. The lowest BCUT2D eigenvalue weighted by molar-refractivity contribution is -0.134. The van der Waals surface area contributed by atoms with E-state index in [1.807, 2.05) is 0 Å². The number of carbonyl (C=O) groups excluding carboxylic acids is 2. The second kappa shape index (κ2) is 7.24. The van der Waals surface area contributed by atoms with Crippen LogP contribution in [0.15, 0.2) is 18.3 Å². The standard InChI is InChI=1S/C16H24N4O2/c1-17-14-8-7-12(10-18-14)15(21)19-13-6-4-5-11(9-13)16(22)20(2)3/h7-8,10-11,13H,4-6,9H2,1-3H3,(H,17,18)(H,19,21). The van der Waals surface area contributed by atoms with Gasteiger partial charge < -0.3 is 15.5 Å². The first kappa shape index (κ1) is 16.3. The number of hydrogen-bond acceptors (Lipinski definition) is 4. The fraction of sp³-hybridized carbons (Fsp3) is 0.562. The minimum Gasteiger partial charge on any atom is -0.373 e. The first-order chi connectivity index (χ1) is 10.5. The highest BCUT2D eigenvalue weighted by Gasteiger charge is 2.29. The molecule has 1 saturated carbocycles. The summed E-state index contributed by atoms with van der Waals surface area (Å²) in [7, 11) is 5.34. The number of amides is 2. The van der Waals surface area contributed by atoms with Gasteiger partial charge in [-0.15, -0.1) is 0 Å². The summed E-state index contributed by atoms with van der Waals surface area (Å²) in [5.74, 6) is 0.766. The van der Waals surface area contributed by atoms with Crippen molar-refractivity contribution in [1.82, 2.24) is 15.2 Å². The van der Waals surface area contributed by atoms with Crippen molar-refractivity contribution in [3.63, 3.8) is 0 Å². The molecule has 1 aromatic heterocycles. The number of carbonyl (C=O) groups is 2. The fourth-order valence-electron chi connectivity index (χ4n) is 2.86. The molecule has 6 nitrogen and oxygen atoms in total. The Bertz CT molecular complexity index is 527. The lowest BCUT2D eigenvalue weighted by Gasteiger charge is -2.30. The summed E-state index contributed by atoms with van der Waals surface area (Å²) >= 11 is 0. The molecule has 0 bridgehead atoms. The van der Waals surface area contributed by atoms with Crippen molar-refractivity contribution in [2.24, 2.45) is 5.92 Å². The zero-order valence-corrected chi connectivity index (χ0v) is 13.4. The van der Waals surface area contributed by atoms with Crippen LogP contribution >= 0.6 is 0 Å². The molecule has 1 heterocycles. The molecule has 1 aliphatic carbocycles. The van der Waals surface area contributed by atoms with Crippen LogP contribution in [0.2, 0.25) is 0 Å². The first-order valence-corrected chi connectivity index (χ1v) is 7.67. The van der Waals surface area contributed by atoms with Crippen molar-refractivity contribution in [2.75, 3.05) is 26.5 Å². The zero-order valence-electron chi connectivity index (χ0n) is 13.4. The number of anilines is 1. The second-order valence-corrected chi connectivity index (χ2v) is 5.95. The normalized spacial score (nSPS) is 21.0. The predicted octanol–water partition coefficient (Wildman–Crippen LogP) is 1.50. The molecule has 0 radical (unpaired) electrons. The van der Waals surface area contributed by atoms with Gasteiger partial charge in [-0.05, 0) is 31.4 Å². The van der Waals surface area contributed by atoms with Gasteiger partial charge in [-0.3, -0.25) is 9.59 Å². The van der Waals surface area contributed by atoms with Crippen molar-refractivity contribution in [2.45, 2.75) is 31.7 Å². The molecule has 120 valence electrons. The highest BCUT2D eigenvalue weighted by atomic mass is 16.2. The van der Waals surface area contributed by atoms with Crippen LogP contribution in [0.1, 0.15) is 36.0 Å². The summed E-state index contributed by atoms with van der Waals surface area (Å²) in [6.07, 6.45) is 5.07. The Labute approximate surface area is 131 Å². The quantitative estimate of drug-likeness (QED) is 0.884. The largest absolute Gasteiger partial charge is 0.373 e. The minimum atomic E-state index is -0.127. The molecule has 0 spiro atoms. The lowest BCUT2D eigenvalue weighted by atomic mass is 9.84. The zero-order chi connectivity index (χ0) is 16.1. The summed E-state index contributed by atoms with van der Waals surface area (Å²) < 4.78 is 0. The van der Waals surface area contributed by atoms with Gasteiger partial charge in [0, 0.05) is 39.3 Å². The summed E-state index contributed by atoms with van der Waals surface area (Å²) in [4.78, 5) is 30.1. The van der Waals surface area contributed by atoms with Gasteiger partial charge >= 0.3 is 0 Å². The molecule has 6 heteroatoms. The van der Waals surface area contributed by atoms with E-state index < -0.39 is 0 Å². The number of aromatic nitrogens is 1. The summed E-state index contributed by atoms with van der Waals surface area (Å²) in [5, 5.41) is 5.94. The van der Waals surface area contributed by atoms with E-state index in [1.54, 1.807) is 44.4 Å². The van der Waals surface area contributed by atoms with Crippen molar-refractivity contribution in [3.05, 3.63) is 23.9 Å². The molecule has 2 atom stereocenters. The molecule has 2 rings (SSSR count). The van der Waals surface area contributed by atoms with Gasteiger partial charge in [0.1, 0.15) is 5.82 Å². The molecule has 22 heavy (non-hydrogen) atoms. The number of nitrogens with zero attached hydrogens (tertiary/aromatic N) is 2. The minimum absolute atomic E-state index is 0.0128. The van der Waals surface area contributed by atoms with Gasteiger partial charge in [0.2, 0.25) is 5.91 Å². The Morgan fingerprint density at radius 3 is 2.64 bits per heavy atom. The van der Waals surface area contributed by atoms with Crippen molar-refractivity contribution >= 4 is 17.6 Å². The van der Waals surface area contributed by atoms with Gasteiger partial charge in [-0.1, -0.05) is 6.42 Å². The van der Waals surface area contributed by atoms with Crippen LogP contribution in [-0.4, -0.2) is 48.9 Å². The Morgan fingerprint density at radius 1 is 1.27 bits per heavy atom. The van der Waals surface area contributed by atoms with Crippen molar-refractivity contribution < 1.29 is 9.59 Å². The van der Waals surface area contributed by atoms with Gasteiger partial charge in [-0.2, -0.15) is 0 Å². The SMILES string of the molecule is CNc1ccc(C(=O)NC2CCCC(C(=O)N(C)C)C2)cn1. The van der Waals surface area contributed by atoms with Crippen LogP contribution in [0, 0.1) is 5.92 Å². The van der Waals surface area contributed by atoms with Crippen LogP contribution in [0.4, 0.5) is 5.82 Å². The van der Waals surface area contributed by atoms with E-state index in [1.165, 1.54) is 0 Å². The van der Waals surface area contributed by atoms with E-state index in [2.05, 4.69) is 15.6 Å². The highest BCUT2D eigenvalue weighted by molar-refractivity contribution is 5.94. The fourth-order valence-corrected chi connectivity index (χ4v) is 2.86. The van der Waals surface area contributed by atoms with Gasteiger partial charge in [0.25, 0.3) is 5.91 Å². The Kier molecular flexibility index (Phi) is 5.35. The topological polar surface area (TPSA) is 74.3 Å². The van der Waals surface area contributed by atoms with E-state index >= 15 is 0 Å². The van der Waals surface area contributed by atoms with E-state index in [-0.39, 0.29) is 23.8 Å². The molecule has 1 fully saturated rings. The molecule has 1 aliphatic rings. The van der Waals surface area contributed by atoms with Gasteiger partial charge in [0.15, 0.2) is 0 Å². The third kappa shape index (κ3) is 3.96. The number of pyridine rings is 1. The van der Waals surface area contributed by atoms with E-state index in [9.17, 15) is 9.59 Å². The molecule has 2 amide bonds. The molecule has 0 aliphatic heterocycles. The second-order valence-electron chi connectivity index (χ2n) is 5.95. The number of nitrogens with one attached hydrogen (secondary N) is 2. The maximum Gasteiger partial charge on any atom is 0.253 e. The Balaban J connectivity index is 1.94. The van der Waals surface area contributed by atoms with E-state index in [0.717, 1.165) is 25.1 Å². The lowest BCUT2D eigenvalue weighted by Crippen LogP contribution is -2.42. The van der Waals surface area contributed by atoms with Crippen LogP contribution < -0.4 is 10.6 Å². The van der Waals surface area contributed by atoms with Crippen LogP contribution in [0.3, 0.4) is 0 Å². The van der Waals surface area contributed by atoms with Crippen LogP contribution in [-0.2, 0) is 4.79 Å². The predicted molar refractivity (Wildman–Crippen MR) is 85.7 cm³/mol. The third-order valence-electron chi connectivity index (χ3n) is 4.08. The first-order valence-electron chi connectivity index (χ1n) is 7.67. The summed E-state index contributed by atoms with van der Waals surface area (Å²) in [5.41, 5.74) is 0.542. The average molecular weight is 304 g/mol. The van der Waals surface area contributed by atoms with E-state index in [0.29, 0.717) is 12.0 Å². The molecular formula is C16H24N4O2. The monoisotopic (exact) mass is 304 g/mol. The molecule has 1 aromatic rings. The number of hydrogen-bond donors (Lipinski definition) is 2. The molecule has 0 aromatic carbocycles. The average Bonchev–Trinajstić information content (AvgIpc) is 2.54. The maximum atomic E-state index is 12.3. The molecule has 0 saturated heterocycles. The molecule has 2 unspecified atom stereocenters. The van der Waals surface area contributed by atoms with Crippen molar-refractivity contribution in [3.8, 4) is 0 Å². The third-order valence-corrected chi connectivity index (χ3v) is 4.08. The Hall–Kier alpha value is -2.11. The number of rotatable bonds is 4. The molecule has 2 N–H and O–H groups in total. The highest BCUT2D eigenvalue weighted by Crippen LogP contribution is 2.25. The summed E-state index contributed by atoms with van der Waals surface area (Å²) in [6.45, 7) is 0. The van der Waals surface area contributed by atoms with Crippen molar-refractivity contribution in [1.29, 1.82) is 0 Å². The maximum absolute atomic E-state index is 12.3. The van der Waals surface area contributed by atoms with Crippen LogP contribution in [0.25, 0.3) is 0 Å². The van der Waals surface area contributed by atoms with Crippen LogP contribution in [0.5, 0.6) is 0 Å². The van der Waals surface area contributed by atoms with Gasteiger partial charge in [0.05, 0.1) is 5.56 Å². The van der Waals surface area contributed by atoms with Gasteiger partial charge in [-0.25, -0.2) is 4.98 Å². The van der Waals surface area contributed by atoms with E-state index in [4.69, 9.17) is 0 Å². The smallest absolute Gasteiger partial charge is 0.253 e. The summed E-state index contributed by atoms with van der Waals surface area (Å²) in [6, 6.07) is 3.58. The Morgan fingerprint density at radius 2 is 2.05 bits per heavy atom.